The van der Waals surface area contributed by atoms with Crippen LogP contribution in [0.5, 0.6) is 0 Å². The Labute approximate surface area is 241 Å². The van der Waals surface area contributed by atoms with Crippen molar-refractivity contribution < 1.29 is 17.6 Å². The van der Waals surface area contributed by atoms with E-state index in [0.29, 0.717) is 33.1 Å². The summed E-state index contributed by atoms with van der Waals surface area (Å²) in [5.41, 5.74) is 1.61. The molecule has 0 atom stereocenters. The third-order valence-corrected chi connectivity index (χ3v) is 9.86. The van der Waals surface area contributed by atoms with Gasteiger partial charge in [-0.2, -0.15) is 0 Å². The van der Waals surface area contributed by atoms with Gasteiger partial charge in [-0.3, -0.25) is 9.36 Å². The lowest BCUT2D eigenvalue weighted by molar-refractivity contribution is -0.119. The molecule has 0 saturated heterocycles. The fourth-order valence-corrected chi connectivity index (χ4v) is 7.39. The number of halogens is 1. The minimum absolute atomic E-state index is 0.0809. The van der Waals surface area contributed by atoms with Crippen molar-refractivity contribution in [3.8, 4) is 17.1 Å². The highest BCUT2D eigenvalue weighted by molar-refractivity contribution is 7.99. The lowest BCUT2D eigenvalue weighted by Gasteiger charge is -2.22. The fourth-order valence-electron chi connectivity index (χ4n) is 5.24. The first kappa shape index (κ1) is 27.2. The third kappa shape index (κ3) is 5.51. The fraction of sp³-hybridized carbons (Fsp3) is 0.233. The minimum Gasteiger partial charge on any atom is -0.353 e. The molecule has 0 spiro atoms. The van der Waals surface area contributed by atoms with Gasteiger partial charge < -0.3 is 5.32 Å². The van der Waals surface area contributed by atoms with Crippen molar-refractivity contribution in [1.29, 1.82) is 0 Å². The van der Waals surface area contributed by atoms with Gasteiger partial charge >= 0.3 is 0 Å². The van der Waals surface area contributed by atoms with Crippen molar-refractivity contribution in [2.75, 3.05) is 5.75 Å². The summed E-state index contributed by atoms with van der Waals surface area (Å²) in [5.74, 6) is 0.0441. The Kier molecular flexibility index (Phi) is 7.63. The predicted octanol–water partition coefficient (Wildman–Crippen LogP) is 5.81. The van der Waals surface area contributed by atoms with Crippen LogP contribution < -0.4 is 5.32 Å². The van der Waals surface area contributed by atoms with Gasteiger partial charge in [-0.05, 0) is 55.3 Å². The molecule has 1 amide bonds. The number of benzene rings is 3. The zero-order chi connectivity index (χ0) is 28.4. The van der Waals surface area contributed by atoms with E-state index in [1.165, 1.54) is 34.3 Å². The molecular formula is C30H28FN5O3S2. The summed E-state index contributed by atoms with van der Waals surface area (Å²) >= 11 is 1.23. The second-order valence-corrected chi connectivity index (χ2v) is 12.7. The number of rotatable bonds is 8. The first-order chi connectivity index (χ1) is 19.9. The van der Waals surface area contributed by atoms with E-state index in [0.717, 1.165) is 25.7 Å². The number of hydrogen-bond acceptors (Lipinski definition) is 6. The van der Waals surface area contributed by atoms with Crippen LogP contribution in [-0.2, 0) is 14.8 Å². The molecule has 0 bridgehead atoms. The van der Waals surface area contributed by atoms with Gasteiger partial charge in [0, 0.05) is 28.9 Å². The molecule has 1 aliphatic rings. The van der Waals surface area contributed by atoms with Gasteiger partial charge in [0.05, 0.1) is 16.2 Å². The molecule has 2 heterocycles. The van der Waals surface area contributed by atoms with E-state index < -0.39 is 15.8 Å². The van der Waals surface area contributed by atoms with Crippen molar-refractivity contribution in [1.82, 2.24) is 24.1 Å². The van der Waals surface area contributed by atoms with Gasteiger partial charge in [-0.15, -0.1) is 10.2 Å². The van der Waals surface area contributed by atoms with E-state index in [-0.39, 0.29) is 22.6 Å². The highest BCUT2D eigenvalue weighted by atomic mass is 32.2. The van der Waals surface area contributed by atoms with Crippen LogP contribution in [0.3, 0.4) is 0 Å². The number of nitrogens with one attached hydrogen (secondary N) is 1. The monoisotopic (exact) mass is 589 g/mol. The van der Waals surface area contributed by atoms with E-state index >= 15 is 0 Å². The standard InChI is InChI=1S/C30H28FN5O3S2/c31-21-15-17-23(18-16-21)36-29(33-34-30(36)40-20-28(37)32-22-9-3-1-4-10-22)26-19-35(27-14-8-7-13-25(26)27)41(38,39)24-11-5-2-6-12-24/h2,5-8,11-19,22H,1,3-4,9-10,20H2,(H,32,37). The molecule has 210 valence electrons. The maximum absolute atomic E-state index is 13.9. The topological polar surface area (TPSA) is 98.9 Å². The highest BCUT2D eigenvalue weighted by Gasteiger charge is 2.26. The van der Waals surface area contributed by atoms with Gasteiger partial charge in [0.2, 0.25) is 5.91 Å². The second-order valence-electron chi connectivity index (χ2n) is 9.98. The van der Waals surface area contributed by atoms with Crippen LogP contribution in [0.1, 0.15) is 32.1 Å². The van der Waals surface area contributed by atoms with E-state index in [2.05, 4.69) is 15.5 Å². The van der Waals surface area contributed by atoms with Crippen molar-refractivity contribution in [2.45, 2.75) is 48.2 Å². The summed E-state index contributed by atoms with van der Waals surface area (Å²) in [4.78, 5) is 12.9. The second kappa shape index (κ2) is 11.5. The van der Waals surface area contributed by atoms with Crippen LogP contribution in [0.15, 0.2) is 95.1 Å². The van der Waals surface area contributed by atoms with Crippen LogP contribution in [0, 0.1) is 5.82 Å². The van der Waals surface area contributed by atoms with Crippen molar-refractivity contribution >= 4 is 38.6 Å². The Morgan fingerprint density at radius 3 is 2.39 bits per heavy atom. The molecule has 3 aromatic carbocycles. The summed E-state index contributed by atoms with van der Waals surface area (Å²) in [5, 5.41) is 13.1. The van der Waals surface area contributed by atoms with Crippen molar-refractivity contribution in [3.63, 3.8) is 0 Å². The molecule has 11 heteroatoms. The molecule has 6 rings (SSSR count). The molecule has 1 N–H and O–H groups in total. The lowest BCUT2D eigenvalue weighted by atomic mass is 9.95. The number of hydrogen-bond donors (Lipinski definition) is 1. The molecular weight excluding hydrogens is 561 g/mol. The number of carbonyl (C=O) groups is 1. The van der Waals surface area contributed by atoms with Crippen molar-refractivity contribution in [3.05, 3.63) is 90.9 Å². The summed E-state index contributed by atoms with van der Waals surface area (Å²) in [6.45, 7) is 0. The molecule has 5 aromatic rings. The average molecular weight is 590 g/mol. The SMILES string of the molecule is O=C(CSc1nnc(-c2cn(S(=O)(=O)c3ccccc3)c3ccccc23)n1-c1ccc(F)cc1)NC1CCCCC1. The smallest absolute Gasteiger partial charge is 0.268 e. The molecule has 1 aliphatic carbocycles. The lowest BCUT2D eigenvalue weighted by Crippen LogP contribution is -2.37. The Bertz CT molecular complexity index is 1800. The van der Waals surface area contributed by atoms with Crippen LogP contribution in [0.25, 0.3) is 28.0 Å². The largest absolute Gasteiger partial charge is 0.353 e. The molecule has 1 saturated carbocycles. The molecule has 41 heavy (non-hydrogen) atoms. The Morgan fingerprint density at radius 2 is 1.63 bits per heavy atom. The van der Waals surface area contributed by atoms with Crippen LogP contribution in [-0.4, -0.2) is 44.9 Å². The third-order valence-electron chi connectivity index (χ3n) is 7.24. The first-order valence-corrected chi connectivity index (χ1v) is 15.9. The zero-order valence-corrected chi connectivity index (χ0v) is 23.7. The minimum atomic E-state index is -3.91. The first-order valence-electron chi connectivity index (χ1n) is 13.5. The molecule has 1 fully saturated rings. The average Bonchev–Trinajstić information content (AvgIpc) is 3.59. The summed E-state index contributed by atoms with van der Waals surface area (Å²) in [6, 6.07) is 21.5. The summed E-state index contributed by atoms with van der Waals surface area (Å²) < 4.78 is 44.2. The van der Waals surface area contributed by atoms with Gasteiger partial charge in [0.1, 0.15) is 5.82 Å². The van der Waals surface area contributed by atoms with Gasteiger partial charge in [0.15, 0.2) is 11.0 Å². The number of nitrogens with zero attached hydrogens (tertiary/aromatic N) is 4. The quantitative estimate of drug-likeness (QED) is 0.230. The molecule has 0 unspecified atom stereocenters. The van der Waals surface area contributed by atoms with Gasteiger partial charge in [-0.1, -0.05) is 67.4 Å². The van der Waals surface area contributed by atoms with Crippen LogP contribution in [0.4, 0.5) is 4.39 Å². The van der Waals surface area contributed by atoms with Crippen LogP contribution >= 0.6 is 11.8 Å². The summed E-state index contributed by atoms with van der Waals surface area (Å²) in [6.07, 6.45) is 6.96. The highest BCUT2D eigenvalue weighted by Crippen LogP contribution is 2.35. The molecule has 2 aromatic heterocycles. The maximum atomic E-state index is 13.9. The maximum Gasteiger partial charge on any atom is 0.268 e. The van der Waals surface area contributed by atoms with Gasteiger partial charge in [-0.25, -0.2) is 16.8 Å². The molecule has 0 aliphatic heterocycles. The number of fused-ring (bicyclic) bond motifs is 1. The van der Waals surface area contributed by atoms with Gasteiger partial charge in [0.25, 0.3) is 10.0 Å². The predicted molar refractivity (Wildman–Crippen MR) is 157 cm³/mol. The van der Waals surface area contributed by atoms with E-state index in [4.69, 9.17) is 0 Å². The number of para-hydroxylation sites is 1. The molecule has 0 radical (unpaired) electrons. The number of thioether (sulfide) groups is 1. The zero-order valence-electron chi connectivity index (χ0n) is 22.1. The number of carbonyl (C=O) groups excluding carboxylic acids is 1. The number of amides is 1. The summed E-state index contributed by atoms with van der Waals surface area (Å²) in [7, 11) is -3.91. The van der Waals surface area contributed by atoms with Crippen molar-refractivity contribution in [2.24, 2.45) is 0 Å². The van der Waals surface area contributed by atoms with Crippen LogP contribution in [0.2, 0.25) is 0 Å². The molecule has 8 nitrogen and oxygen atoms in total. The number of aromatic nitrogens is 4. The van der Waals surface area contributed by atoms with E-state index in [9.17, 15) is 17.6 Å². The Balaban J connectivity index is 1.41. The van der Waals surface area contributed by atoms with E-state index in [1.807, 2.05) is 12.1 Å². The normalized spacial score (nSPS) is 14.4. The Hall–Kier alpha value is -3.96. The Morgan fingerprint density at radius 1 is 0.927 bits per heavy atom. The van der Waals surface area contributed by atoms with E-state index in [1.54, 1.807) is 65.4 Å².